The zero-order valence-electron chi connectivity index (χ0n) is 24.4. The van der Waals surface area contributed by atoms with Crippen molar-refractivity contribution in [3.05, 3.63) is 48.1 Å². The molecule has 4 heterocycles. The normalized spacial score (nSPS) is 18.2. The molecule has 0 unspecified atom stereocenters. The van der Waals surface area contributed by atoms with Crippen molar-refractivity contribution in [2.45, 2.75) is 57.3 Å². The van der Waals surface area contributed by atoms with Crippen molar-refractivity contribution in [1.82, 2.24) is 34.7 Å². The lowest BCUT2D eigenvalue weighted by atomic mass is 10.0. The van der Waals surface area contributed by atoms with Gasteiger partial charge in [-0.3, -0.25) is 9.48 Å². The van der Waals surface area contributed by atoms with Gasteiger partial charge < -0.3 is 29.4 Å². The summed E-state index contributed by atoms with van der Waals surface area (Å²) in [6.07, 6.45) is -3.44. The quantitative estimate of drug-likeness (QED) is 0.126. The predicted octanol–water partition coefficient (Wildman–Crippen LogP) is 4.98. The van der Waals surface area contributed by atoms with Crippen LogP contribution in [-0.4, -0.2) is 85.0 Å². The van der Waals surface area contributed by atoms with E-state index in [4.69, 9.17) is 9.26 Å². The Morgan fingerprint density at radius 3 is 2.77 bits per heavy atom. The molecule has 1 aromatic carbocycles. The van der Waals surface area contributed by atoms with Crippen molar-refractivity contribution in [1.29, 1.82) is 0 Å². The van der Waals surface area contributed by atoms with Gasteiger partial charge >= 0.3 is 6.18 Å². The van der Waals surface area contributed by atoms with Gasteiger partial charge in [-0.1, -0.05) is 33.8 Å². The van der Waals surface area contributed by atoms with Gasteiger partial charge in [0.15, 0.2) is 0 Å². The number of hydrogen-bond donors (Lipinski definition) is 2. The summed E-state index contributed by atoms with van der Waals surface area (Å²) in [6, 6.07) is 7.53. The van der Waals surface area contributed by atoms with Crippen molar-refractivity contribution in [2.75, 3.05) is 36.7 Å². The lowest BCUT2D eigenvalue weighted by Crippen LogP contribution is -2.46. The Balaban J connectivity index is 1.35. The third-order valence-corrected chi connectivity index (χ3v) is 7.88. The number of amides is 1. The van der Waals surface area contributed by atoms with E-state index in [0.29, 0.717) is 35.3 Å². The molecule has 3 aromatic heterocycles. The molecule has 0 bridgehead atoms. The Labute approximate surface area is 264 Å². The molecular formula is C28H33F4IN8O3. The van der Waals surface area contributed by atoms with Crippen molar-refractivity contribution in [2.24, 2.45) is 0 Å². The van der Waals surface area contributed by atoms with Crippen LogP contribution in [0, 0.1) is 0 Å². The number of carbonyl (C=O) groups is 1. The average Bonchev–Trinajstić information content (AvgIpc) is 3.71. The summed E-state index contributed by atoms with van der Waals surface area (Å²) in [7, 11) is 1.84. The molecule has 0 saturated carbocycles. The Morgan fingerprint density at radius 2 is 2.05 bits per heavy atom. The van der Waals surface area contributed by atoms with E-state index in [1.165, 1.54) is 6.07 Å². The fourth-order valence-corrected chi connectivity index (χ4v) is 5.40. The minimum atomic E-state index is -4.54. The number of hydrogen-bond acceptors (Lipinski definition) is 8. The van der Waals surface area contributed by atoms with Crippen molar-refractivity contribution in [3.8, 4) is 11.5 Å². The first-order chi connectivity index (χ1) is 20.8. The summed E-state index contributed by atoms with van der Waals surface area (Å²) < 4.78 is 69.9. The maximum Gasteiger partial charge on any atom is 0.406 e. The third-order valence-electron chi connectivity index (χ3n) is 7.44. The van der Waals surface area contributed by atoms with Crippen LogP contribution >= 0.6 is 22.6 Å². The number of likely N-dealkylation sites (tertiary alicyclic amines) is 1. The molecule has 1 amide bonds. The SMILES string of the molecule is CN1CC[C@@H](Nc2cccc3c2cc(-c2noc(CNC(=O)c4ccn(C(C)(C)COCI)n4)n2)n3CC(F)(F)F)[C@@H](F)C1. The Morgan fingerprint density at radius 1 is 1.25 bits per heavy atom. The molecule has 2 N–H and O–H groups in total. The summed E-state index contributed by atoms with van der Waals surface area (Å²) in [5, 5.41) is 14.6. The fourth-order valence-electron chi connectivity index (χ4n) is 5.18. The molecule has 0 aliphatic carbocycles. The molecule has 2 atom stereocenters. The predicted molar refractivity (Wildman–Crippen MR) is 163 cm³/mol. The first-order valence-electron chi connectivity index (χ1n) is 13.9. The number of anilines is 1. The number of benzene rings is 1. The van der Waals surface area contributed by atoms with Gasteiger partial charge in [0, 0.05) is 30.4 Å². The fraction of sp³-hybridized carbons (Fsp3) is 0.500. The van der Waals surface area contributed by atoms with E-state index in [1.807, 2.05) is 25.8 Å². The zero-order chi connectivity index (χ0) is 31.6. The van der Waals surface area contributed by atoms with Gasteiger partial charge in [0.1, 0.15) is 18.4 Å². The van der Waals surface area contributed by atoms with Gasteiger partial charge in [-0.25, -0.2) is 4.39 Å². The van der Waals surface area contributed by atoms with Crippen molar-refractivity contribution < 1.29 is 31.6 Å². The second kappa shape index (κ2) is 13.0. The van der Waals surface area contributed by atoms with Crippen LogP contribution in [0.5, 0.6) is 0 Å². The van der Waals surface area contributed by atoms with Crippen LogP contribution in [0.2, 0.25) is 0 Å². The largest absolute Gasteiger partial charge is 0.406 e. The number of aromatic nitrogens is 5. The van der Waals surface area contributed by atoms with E-state index >= 15 is 0 Å². The molecule has 5 rings (SSSR count). The smallest absolute Gasteiger partial charge is 0.379 e. The van der Waals surface area contributed by atoms with Crippen LogP contribution in [0.1, 0.15) is 36.6 Å². The van der Waals surface area contributed by atoms with Crippen LogP contribution in [0.25, 0.3) is 22.4 Å². The van der Waals surface area contributed by atoms with Crippen molar-refractivity contribution in [3.63, 3.8) is 0 Å². The molecular weight excluding hydrogens is 699 g/mol. The number of fused-ring (bicyclic) bond motifs is 1. The monoisotopic (exact) mass is 732 g/mol. The second-order valence-corrected chi connectivity index (χ2v) is 12.0. The van der Waals surface area contributed by atoms with Crippen LogP contribution in [-0.2, 0) is 23.4 Å². The lowest BCUT2D eigenvalue weighted by Gasteiger charge is -2.33. The van der Waals surface area contributed by atoms with E-state index < -0.39 is 36.4 Å². The van der Waals surface area contributed by atoms with Gasteiger partial charge in [-0.05, 0) is 51.6 Å². The van der Waals surface area contributed by atoms with E-state index in [2.05, 4.69) is 48.5 Å². The number of alkyl halides is 5. The number of halogens is 5. The molecule has 1 aliphatic rings. The molecule has 44 heavy (non-hydrogen) atoms. The molecule has 1 saturated heterocycles. The van der Waals surface area contributed by atoms with Gasteiger partial charge in [-0.2, -0.15) is 23.3 Å². The first kappa shape index (κ1) is 32.2. The van der Waals surface area contributed by atoms with Crippen LogP contribution in [0.3, 0.4) is 0 Å². The number of nitrogens with zero attached hydrogens (tertiary/aromatic N) is 6. The molecule has 16 heteroatoms. The third kappa shape index (κ3) is 7.34. The van der Waals surface area contributed by atoms with Crippen LogP contribution < -0.4 is 10.6 Å². The highest BCUT2D eigenvalue weighted by molar-refractivity contribution is 14.1. The summed E-state index contributed by atoms with van der Waals surface area (Å²) in [5.41, 5.74) is 0.560. The van der Waals surface area contributed by atoms with Gasteiger partial charge in [0.05, 0.1) is 40.6 Å². The summed E-state index contributed by atoms with van der Waals surface area (Å²) >= 11 is 2.10. The Hall–Kier alpha value is -3.25. The zero-order valence-corrected chi connectivity index (χ0v) is 26.5. The highest BCUT2D eigenvalue weighted by Crippen LogP contribution is 2.35. The number of nitrogens with one attached hydrogen (secondary N) is 2. The summed E-state index contributed by atoms with van der Waals surface area (Å²) in [6.45, 7) is 3.77. The maximum absolute atomic E-state index is 14.8. The number of piperidine rings is 1. The van der Waals surface area contributed by atoms with Crippen molar-refractivity contribution >= 4 is 45.1 Å². The minimum Gasteiger partial charge on any atom is -0.379 e. The summed E-state index contributed by atoms with van der Waals surface area (Å²) in [5.74, 6) is -0.571. The number of carbonyl (C=O) groups excluding carboxylic acids is 1. The summed E-state index contributed by atoms with van der Waals surface area (Å²) in [4.78, 5) is 18.9. The molecule has 4 aromatic rings. The lowest BCUT2D eigenvalue weighted by molar-refractivity contribution is -0.139. The van der Waals surface area contributed by atoms with Crippen LogP contribution in [0.15, 0.2) is 41.1 Å². The molecule has 238 valence electrons. The molecule has 0 radical (unpaired) electrons. The highest BCUT2D eigenvalue weighted by Gasteiger charge is 2.32. The van der Waals surface area contributed by atoms with Crippen LogP contribution in [0.4, 0.5) is 23.2 Å². The number of rotatable bonds is 11. The maximum atomic E-state index is 14.8. The van der Waals surface area contributed by atoms with E-state index in [9.17, 15) is 22.4 Å². The van der Waals surface area contributed by atoms with E-state index in [0.717, 1.165) is 4.57 Å². The van der Waals surface area contributed by atoms with Gasteiger partial charge in [0.25, 0.3) is 5.91 Å². The van der Waals surface area contributed by atoms with E-state index in [-0.39, 0.29) is 41.7 Å². The second-order valence-electron chi connectivity index (χ2n) is 11.4. The molecule has 1 fully saturated rings. The molecule has 1 aliphatic heterocycles. The molecule has 11 nitrogen and oxygen atoms in total. The Kier molecular flexibility index (Phi) is 9.50. The van der Waals surface area contributed by atoms with E-state index in [1.54, 1.807) is 35.1 Å². The van der Waals surface area contributed by atoms with Gasteiger partial charge in [-0.15, -0.1) is 0 Å². The highest BCUT2D eigenvalue weighted by atomic mass is 127. The topological polar surface area (TPSA) is 115 Å². The number of ether oxygens (including phenoxy) is 1. The minimum absolute atomic E-state index is 0.00248. The Bertz CT molecular complexity index is 1600. The van der Waals surface area contributed by atoms with Gasteiger partial charge in [0.2, 0.25) is 11.7 Å². The standard InChI is InChI=1S/C28H33F4IN8O3/c1-27(2,15-43-16-33)41-10-8-21(37-41)26(42)34-12-24-36-25(38-44-24)23-11-17-19(35-20-7-9-39(3)13-18(20)29)5-4-6-22(17)40(23)14-28(30,31)32/h4-6,8,10-11,18,20,35H,7,9,12-16H2,1-3H3,(H,34,42)/t18-,20+/m0/s1. The average molecular weight is 733 g/mol. The molecule has 0 spiro atoms. The first-order valence-corrected chi connectivity index (χ1v) is 15.5.